The van der Waals surface area contributed by atoms with E-state index in [4.69, 9.17) is 0 Å². The van der Waals surface area contributed by atoms with Crippen LogP contribution in [0.3, 0.4) is 0 Å². The maximum atomic E-state index is 12.8. The molecule has 0 fully saturated rings. The quantitative estimate of drug-likeness (QED) is 0.780. The summed E-state index contributed by atoms with van der Waals surface area (Å²) in [4.78, 5) is 0. The van der Waals surface area contributed by atoms with Crippen LogP contribution in [0.5, 0.6) is 0 Å². The molecule has 0 radical (unpaired) electrons. The Labute approximate surface area is 104 Å². The molecule has 0 unspecified atom stereocenters. The molecule has 0 saturated heterocycles. The number of hydrogen-bond donors (Lipinski definition) is 0. The maximum absolute atomic E-state index is 12.8. The van der Waals surface area contributed by atoms with Crippen LogP contribution in [-0.2, 0) is 6.18 Å². The first-order valence-corrected chi connectivity index (χ1v) is 5.57. The Hall–Kier alpha value is -1.30. The van der Waals surface area contributed by atoms with Crippen LogP contribution in [0.25, 0.3) is 5.69 Å². The third kappa shape index (κ3) is 2.52. The van der Waals surface area contributed by atoms with Gasteiger partial charge < -0.3 is 0 Å². The molecule has 0 N–H and O–H groups in total. The molecule has 0 aliphatic rings. The van der Waals surface area contributed by atoms with Crippen molar-refractivity contribution in [1.82, 2.24) is 9.78 Å². The fourth-order valence-corrected chi connectivity index (χ4v) is 1.74. The standard InChI is InChI=1S/C11H8BrF3N2/c1-7-6-10(11(13,14)15)17(16-7)9-4-2-8(12)3-5-9/h2-6H,1H3. The highest BCUT2D eigenvalue weighted by molar-refractivity contribution is 9.10. The maximum Gasteiger partial charge on any atom is 0.433 e. The predicted octanol–water partition coefficient (Wildman–Crippen LogP) is 3.96. The van der Waals surface area contributed by atoms with Gasteiger partial charge in [-0.3, -0.25) is 0 Å². The largest absolute Gasteiger partial charge is 0.433 e. The lowest BCUT2D eigenvalue weighted by atomic mass is 10.3. The van der Waals surface area contributed by atoms with E-state index >= 15 is 0 Å². The Kier molecular flexibility index (Phi) is 2.99. The number of alkyl halides is 3. The molecule has 1 heterocycles. The first kappa shape index (κ1) is 12.2. The van der Waals surface area contributed by atoms with Crippen LogP contribution in [0, 0.1) is 6.92 Å². The van der Waals surface area contributed by atoms with Crippen molar-refractivity contribution < 1.29 is 13.2 Å². The van der Waals surface area contributed by atoms with E-state index in [0.29, 0.717) is 11.4 Å². The topological polar surface area (TPSA) is 17.8 Å². The molecule has 17 heavy (non-hydrogen) atoms. The molecule has 0 amide bonds. The average molecular weight is 305 g/mol. The molecule has 2 aromatic rings. The van der Waals surface area contributed by atoms with Gasteiger partial charge in [0.15, 0.2) is 0 Å². The summed E-state index contributed by atoms with van der Waals surface area (Å²) in [6, 6.07) is 7.53. The zero-order valence-corrected chi connectivity index (χ0v) is 10.4. The van der Waals surface area contributed by atoms with E-state index in [9.17, 15) is 13.2 Å². The van der Waals surface area contributed by atoms with Crippen LogP contribution in [0.1, 0.15) is 11.4 Å². The summed E-state index contributed by atoms with van der Waals surface area (Å²) in [6.45, 7) is 1.53. The lowest BCUT2D eigenvalue weighted by molar-refractivity contribution is -0.142. The van der Waals surface area contributed by atoms with Crippen molar-refractivity contribution in [1.29, 1.82) is 0 Å². The van der Waals surface area contributed by atoms with Gasteiger partial charge in [0, 0.05) is 4.47 Å². The van der Waals surface area contributed by atoms with Gasteiger partial charge in [0.25, 0.3) is 0 Å². The van der Waals surface area contributed by atoms with Crippen molar-refractivity contribution in [3.05, 3.63) is 46.2 Å². The van der Waals surface area contributed by atoms with Crippen molar-refractivity contribution in [2.45, 2.75) is 13.1 Å². The average Bonchev–Trinajstić information content (AvgIpc) is 2.61. The molecule has 0 aliphatic heterocycles. The van der Waals surface area contributed by atoms with Gasteiger partial charge >= 0.3 is 6.18 Å². The van der Waals surface area contributed by atoms with Crippen molar-refractivity contribution in [2.75, 3.05) is 0 Å². The van der Waals surface area contributed by atoms with E-state index < -0.39 is 11.9 Å². The van der Waals surface area contributed by atoms with Gasteiger partial charge in [-0.1, -0.05) is 15.9 Å². The Morgan fingerprint density at radius 2 is 1.76 bits per heavy atom. The smallest absolute Gasteiger partial charge is 0.228 e. The third-order valence-corrected chi connectivity index (χ3v) is 2.72. The molecule has 1 aromatic heterocycles. The van der Waals surface area contributed by atoms with Crippen LogP contribution < -0.4 is 0 Å². The Balaban J connectivity index is 2.55. The molecular formula is C11H8BrF3N2. The predicted molar refractivity (Wildman–Crippen MR) is 61.0 cm³/mol. The Bertz CT molecular complexity index is 529. The minimum atomic E-state index is -4.41. The summed E-state index contributed by atoms with van der Waals surface area (Å²) in [5, 5.41) is 3.86. The van der Waals surface area contributed by atoms with Crippen LogP contribution in [0.15, 0.2) is 34.8 Å². The molecule has 6 heteroatoms. The van der Waals surface area contributed by atoms with E-state index in [-0.39, 0.29) is 0 Å². The summed E-state index contributed by atoms with van der Waals surface area (Å²) in [5.41, 5.74) is -0.0498. The van der Waals surface area contributed by atoms with Gasteiger partial charge in [-0.25, -0.2) is 4.68 Å². The van der Waals surface area contributed by atoms with Gasteiger partial charge in [0.1, 0.15) is 5.69 Å². The fraction of sp³-hybridized carbons (Fsp3) is 0.182. The zero-order valence-electron chi connectivity index (χ0n) is 8.79. The molecule has 0 saturated carbocycles. The lowest BCUT2D eigenvalue weighted by Crippen LogP contribution is -2.13. The highest BCUT2D eigenvalue weighted by Gasteiger charge is 2.35. The lowest BCUT2D eigenvalue weighted by Gasteiger charge is -2.10. The SMILES string of the molecule is Cc1cc(C(F)(F)F)n(-c2ccc(Br)cc2)n1. The number of aryl methyl sites for hydroxylation is 1. The first-order valence-electron chi connectivity index (χ1n) is 4.78. The van der Waals surface area contributed by atoms with E-state index in [1.165, 1.54) is 6.92 Å². The van der Waals surface area contributed by atoms with Gasteiger partial charge in [0.05, 0.1) is 11.4 Å². The molecule has 2 nitrogen and oxygen atoms in total. The van der Waals surface area contributed by atoms with Crippen molar-refractivity contribution >= 4 is 15.9 Å². The zero-order chi connectivity index (χ0) is 12.6. The number of halogens is 4. The second kappa shape index (κ2) is 4.18. The number of nitrogens with zero attached hydrogens (tertiary/aromatic N) is 2. The molecular weight excluding hydrogens is 297 g/mol. The van der Waals surface area contributed by atoms with E-state index in [0.717, 1.165) is 15.2 Å². The van der Waals surface area contributed by atoms with Gasteiger partial charge in [0.2, 0.25) is 0 Å². The van der Waals surface area contributed by atoms with Crippen molar-refractivity contribution in [2.24, 2.45) is 0 Å². The Morgan fingerprint density at radius 1 is 1.18 bits per heavy atom. The van der Waals surface area contributed by atoms with E-state index in [1.807, 2.05) is 0 Å². The van der Waals surface area contributed by atoms with Gasteiger partial charge in [-0.05, 0) is 37.3 Å². The Morgan fingerprint density at radius 3 is 2.29 bits per heavy atom. The minimum Gasteiger partial charge on any atom is -0.228 e. The molecule has 2 rings (SSSR count). The molecule has 0 bridgehead atoms. The number of hydrogen-bond acceptors (Lipinski definition) is 1. The highest BCUT2D eigenvalue weighted by Crippen LogP contribution is 2.31. The molecule has 0 aliphatic carbocycles. The number of aromatic nitrogens is 2. The van der Waals surface area contributed by atoms with E-state index in [2.05, 4.69) is 21.0 Å². The summed E-state index contributed by atoms with van der Waals surface area (Å²) < 4.78 is 40.0. The van der Waals surface area contributed by atoms with Crippen LogP contribution >= 0.6 is 15.9 Å². The monoisotopic (exact) mass is 304 g/mol. The second-order valence-electron chi connectivity index (χ2n) is 3.56. The van der Waals surface area contributed by atoms with Crippen molar-refractivity contribution in [3.63, 3.8) is 0 Å². The van der Waals surface area contributed by atoms with Gasteiger partial charge in [-0.2, -0.15) is 18.3 Å². The molecule has 0 spiro atoms. The van der Waals surface area contributed by atoms with Crippen LogP contribution in [0.4, 0.5) is 13.2 Å². The summed E-state index contributed by atoms with van der Waals surface area (Å²) in [5.74, 6) is 0. The van der Waals surface area contributed by atoms with Gasteiger partial charge in [-0.15, -0.1) is 0 Å². The molecule has 90 valence electrons. The summed E-state index contributed by atoms with van der Waals surface area (Å²) in [7, 11) is 0. The van der Waals surface area contributed by atoms with Crippen LogP contribution in [-0.4, -0.2) is 9.78 Å². The van der Waals surface area contributed by atoms with Crippen molar-refractivity contribution in [3.8, 4) is 5.69 Å². The number of benzene rings is 1. The van der Waals surface area contributed by atoms with E-state index in [1.54, 1.807) is 24.3 Å². The fourth-order valence-electron chi connectivity index (χ4n) is 1.48. The molecule has 0 atom stereocenters. The number of rotatable bonds is 1. The summed E-state index contributed by atoms with van der Waals surface area (Å²) in [6.07, 6.45) is -4.41. The highest BCUT2D eigenvalue weighted by atomic mass is 79.9. The molecule has 1 aromatic carbocycles. The third-order valence-electron chi connectivity index (χ3n) is 2.19. The second-order valence-corrected chi connectivity index (χ2v) is 4.47. The first-order chi connectivity index (χ1) is 7.88. The minimum absolute atomic E-state index is 0.334. The van der Waals surface area contributed by atoms with Crippen LogP contribution in [0.2, 0.25) is 0 Å². The normalized spacial score (nSPS) is 11.8. The summed E-state index contributed by atoms with van der Waals surface area (Å²) >= 11 is 3.23.